The molecule has 2 aromatic carbocycles. The Bertz CT molecular complexity index is 1140. The summed E-state index contributed by atoms with van der Waals surface area (Å²) in [5.74, 6) is -2.74. The first kappa shape index (κ1) is 34.9. The number of hydrogen-bond donors (Lipinski definition) is 0. The zero-order chi connectivity index (χ0) is 29.6. The first-order chi connectivity index (χ1) is 18.6. The number of nitriles is 2. The number of benzene rings is 2. The van der Waals surface area contributed by atoms with Gasteiger partial charge in [-0.15, -0.1) is 11.6 Å². The van der Waals surface area contributed by atoms with Crippen LogP contribution < -0.4 is 0 Å². The van der Waals surface area contributed by atoms with Crippen LogP contribution in [0.4, 0.5) is 8.78 Å². The summed E-state index contributed by atoms with van der Waals surface area (Å²) in [7, 11) is 0. The number of Topliss-reactive ketones (excluding diaryl/α,β-unsaturated/α-hetero) is 2. The maximum absolute atomic E-state index is 12.7. The normalized spacial score (nSPS) is 10.1. The summed E-state index contributed by atoms with van der Waals surface area (Å²) < 4.78 is 34.2. The quantitative estimate of drug-likeness (QED) is 0.196. The van der Waals surface area contributed by atoms with Gasteiger partial charge in [0, 0.05) is 29.8 Å². The maximum atomic E-state index is 12.7. The molecule has 0 spiro atoms. The first-order valence-corrected chi connectivity index (χ1v) is 12.4. The summed E-state index contributed by atoms with van der Waals surface area (Å²) in [5.41, 5.74) is 0.874. The third-order valence-corrected chi connectivity index (χ3v) is 4.76. The number of nitrogens with zero attached hydrogens (tertiary/aromatic N) is 2. The zero-order valence-electron chi connectivity index (χ0n) is 21.6. The molecule has 0 saturated heterocycles. The molecule has 1 unspecified atom stereocenters. The summed E-state index contributed by atoms with van der Waals surface area (Å²) >= 11 is 5.38. The Morgan fingerprint density at radius 3 is 1.67 bits per heavy atom. The summed E-state index contributed by atoms with van der Waals surface area (Å²) in [6.07, 6.45) is 0.301. The van der Waals surface area contributed by atoms with Gasteiger partial charge in [0.15, 0.2) is 11.6 Å². The van der Waals surface area contributed by atoms with E-state index in [1.807, 2.05) is 6.07 Å². The Morgan fingerprint density at radius 2 is 1.28 bits per heavy atom. The highest BCUT2D eigenvalue weighted by molar-refractivity contribution is 6.19. The van der Waals surface area contributed by atoms with Crippen molar-refractivity contribution in [2.75, 3.05) is 19.1 Å². The van der Waals surface area contributed by atoms with Gasteiger partial charge in [-0.3, -0.25) is 19.2 Å². The van der Waals surface area contributed by atoms with Crippen molar-refractivity contribution in [2.45, 2.75) is 39.5 Å². The minimum atomic E-state index is -0.940. The molecule has 0 heterocycles. The summed E-state index contributed by atoms with van der Waals surface area (Å²) in [4.78, 5) is 44.5. The van der Waals surface area contributed by atoms with E-state index in [4.69, 9.17) is 26.9 Å². The zero-order valence-corrected chi connectivity index (χ0v) is 22.4. The number of esters is 2. The molecule has 0 aliphatic carbocycles. The van der Waals surface area contributed by atoms with Crippen molar-refractivity contribution in [1.29, 1.82) is 10.5 Å². The Morgan fingerprint density at radius 1 is 0.821 bits per heavy atom. The van der Waals surface area contributed by atoms with Crippen LogP contribution in [0.1, 0.15) is 60.2 Å². The number of hydrogen-bond acceptors (Lipinski definition) is 8. The van der Waals surface area contributed by atoms with E-state index in [2.05, 4.69) is 4.74 Å². The molecule has 208 valence electrons. The summed E-state index contributed by atoms with van der Waals surface area (Å²) in [6, 6.07) is 14.1. The van der Waals surface area contributed by atoms with Gasteiger partial charge >= 0.3 is 11.9 Å². The van der Waals surface area contributed by atoms with Crippen molar-refractivity contribution in [3.63, 3.8) is 0 Å². The lowest BCUT2D eigenvalue weighted by molar-refractivity contribution is -0.146. The van der Waals surface area contributed by atoms with Crippen LogP contribution in [-0.4, -0.2) is 42.6 Å². The summed E-state index contributed by atoms with van der Waals surface area (Å²) in [6.45, 7) is 3.90. The average Bonchev–Trinajstić information content (AvgIpc) is 2.91. The number of rotatable bonds is 11. The molecule has 2 aromatic rings. The van der Waals surface area contributed by atoms with Gasteiger partial charge in [0.2, 0.25) is 0 Å². The van der Waals surface area contributed by atoms with Crippen LogP contribution in [0.2, 0.25) is 0 Å². The number of carbonyl (C=O) groups excluding carboxylic acids is 4. The Balaban J connectivity index is 0.000000616. The van der Waals surface area contributed by atoms with Gasteiger partial charge in [0.05, 0.1) is 25.4 Å². The fourth-order valence-corrected chi connectivity index (χ4v) is 2.85. The highest BCUT2D eigenvalue weighted by Crippen LogP contribution is 2.13. The fourth-order valence-electron chi connectivity index (χ4n) is 2.68. The first-order valence-electron chi connectivity index (χ1n) is 11.9. The van der Waals surface area contributed by atoms with Crippen molar-refractivity contribution in [3.05, 3.63) is 71.3 Å². The number of halogens is 3. The van der Waals surface area contributed by atoms with Crippen LogP contribution in [0.25, 0.3) is 0 Å². The average molecular weight is 563 g/mol. The second kappa shape index (κ2) is 20.9. The molecule has 1 atom stereocenters. The third-order valence-electron chi connectivity index (χ3n) is 4.57. The highest BCUT2D eigenvalue weighted by Gasteiger charge is 2.20. The van der Waals surface area contributed by atoms with Crippen molar-refractivity contribution in [1.82, 2.24) is 0 Å². The molecule has 0 fully saturated rings. The minimum Gasteiger partial charge on any atom is -0.465 e. The molecule has 0 N–H and O–H groups in total. The minimum absolute atomic E-state index is 0.0443. The Labute approximate surface area is 231 Å². The SMILES string of the molecule is CCOC(=O)C(C#N)CCC(=O)c1ccc(F)cc1.CCOC(=O)CC#N.O=C(CCCl)c1ccc(F)cc1. The number of ketones is 2. The van der Waals surface area contributed by atoms with Crippen LogP contribution in [-0.2, 0) is 19.1 Å². The lowest BCUT2D eigenvalue weighted by Crippen LogP contribution is -2.17. The Hall–Kier alpha value is -4.15. The lowest BCUT2D eigenvalue weighted by atomic mass is 10.00. The molecule has 0 aliphatic rings. The predicted octanol–water partition coefficient (Wildman–Crippen LogP) is 5.59. The summed E-state index contributed by atoms with van der Waals surface area (Å²) in [5, 5.41) is 16.7. The fraction of sp³-hybridized carbons (Fsp3) is 0.357. The van der Waals surface area contributed by atoms with Gasteiger partial charge in [0.25, 0.3) is 0 Å². The van der Waals surface area contributed by atoms with Crippen molar-refractivity contribution < 1.29 is 37.4 Å². The van der Waals surface area contributed by atoms with E-state index in [1.165, 1.54) is 48.5 Å². The number of alkyl halides is 1. The largest absolute Gasteiger partial charge is 0.465 e. The molecule has 0 saturated carbocycles. The monoisotopic (exact) mass is 562 g/mol. The van der Waals surface area contributed by atoms with E-state index in [-0.39, 0.29) is 43.3 Å². The van der Waals surface area contributed by atoms with E-state index in [9.17, 15) is 28.0 Å². The van der Waals surface area contributed by atoms with Gasteiger partial charge in [-0.05, 0) is 68.8 Å². The van der Waals surface area contributed by atoms with Crippen LogP contribution in [0.5, 0.6) is 0 Å². The van der Waals surface area contributed by atoms with Crippen molar-refractivity contribution in [2.24, 2.45) is 5.92 Å². The Kier molecular flexibility index (Phi) is 18.6. The van der Waals surface area contributed by atoms with Crippen molar-refractivity contribution >= 4 is 35.1 Å². The molecule has 0 bridgehead atoms. The molecule has 0 radical (unpaired) electrons. The maximum Gasteiger partial charge on any atom is 0.323 e. The highest BCUT2D eigenvalue weighted by atomic mass is 35.5. The molecule has 8 nitrogen and oxygen atoms in total. The third kappa shape index (κ3) is 15.6. The second-order valence-corrected chi connectivity index (χ2v) is 7.79. The van der Waals surface area contributed by atoms with E-state index >= 15 is 0 Å². The number of carbonyl (C=O) groups is 4. The van der Waals surface area contributed by atoms with Gasteiger partial charge in [-0.25, -0.2) is 8.78 Å². The second-order valence-electron chi connectivity index (χ2n) is 7.41. The lowest BCUT2D eigenvalue weighted by Gasteiger charge is -2.07. The topological polar surface area (TPSA) is 134 Å². The van der Waals surface area contributed by atoms with Gasteiger partial charge in [0.1, 0.15) is 24.0 Å². The standard InChI is InChI=1S/C14H14FNO3.C9H8ClFO.C5H7NO2/c1-2-19-14(18)11(9-16)5-8-13(17)10-3-6-12(15)7-4-10;10-6-5-9(12)7-1-3-8(11)4-2-7;1-2-8-5(7)3-4-6/h3-4,6-7,11H,2,5,8H2,1H3;1-4H,5-6H2;2-3H2,1H3. The molecule has 2 rings (SSSR count). The van der Waals surface area contributed by atoms with E-state index < -0.39 is 23.7 Å². The van der Waals surface area contributed by atoms with Crippen LogP contribution in [0.3, 0.4) is 0 Å². The van der Waals surface area contributed by atoms with Gasteiger partial charge in [-0.1, -0.05) is 0 Å². The number of ether oxygens (including phenoxy) is 2. The van der Waals surface area contributed by atoms with Gasteiger partial charge < -0.3 is 9.47 Å². The van der Waals surface area contributed by atoms with Crippen LogP contribution >= 0.6 is 11.6 Å². The van der Waals surface area contributed by atoms with E-state index in [0.717, 1.165) is 0 Å². The van der Waals surface area contributed by atoms with E-state index in [0.29, 0.717) is 30.0 Å². The van der Waals surface area contributed by atoms with Crippen LogP contribution in [0, 0.1) is 40.2 Å². The van der Waals surface area contributed by atoms with Crippen LogP contribution in [0.15, 0.2) is 48.5 Å². The molecule has 0 aromatic heterocycles. The molecule has 0 amide bonds. The molecular formula is C28H29ClF2N2O6. The molecule has 0 aliphatic heterocycles. The molecule has 39 heavy (non-hydrogen) atoms. The predicted molar refractivity (Wildman–Crippen MR) is 139 cm³/mol. The van der Waals surface area contributed by atoms with Gasteiger partial charge in [-0.2, -0.15) is 10.5 Å². The van der Waals surface area contributed by atoms with E-state index in [1.54, 1.807) is 19.9 Å². The smallest absolute Gasteiger partial charge is 0.323 e. The molecule has 11 heteroatoms. The molecular weight excluding hydrogens is 534 g/mol. The van der Waals surface area contributed by atoms with Crippen molar-refractivity contribution in [3.8, 4) is 12.1 Å².